The smallest absolute Gasteiger partial charge is 0.156 e. The molecule has 2 fully saturated rings. The Kier molecular flexibility index (Phi) is 5.87. The maximum atomic E-state index is 12.7. The van der Waals surface area contributed by atoms with E-state index in [-0.39, 0.29) is 23.0 Å². The molecule has 5 heteroatoms. The van der Waals surface area contributed by atoms with Crippen LogP contribution in [0.1, 0.15) is 51.9 Å². The Morgan fingerprint density at radius 3 is 2.65 bits per heavy atom. The van der Waals surface area contributed by atoms with Crippen LogP contribution >= 0.6 is 0 Å². The first-order chi connectivity index (χ1) is 9.56. The van der Waals surface area contributed by atoms with Crippen molar-refractivity contribution in [3.63, 3.8) is 0 Å². The number of hydrogen-bond acceptors (Lipinski definition) is 4. The van der Waals surface area contributed by atoms with Gasteiger partial charge >= 0.3 is 0 Å². The van der Waals surface area contributed by atoms with Gasteiger partial charge in [-0.15, -0.1) is 0 Å². The molecule has 0 spiro atoms. The van der Waals surface area contributed by atoms with Crippen LogP contribution in [0.4, 0.5) is 0 Å². The Morgan fingerprint density at radius 2 is 2.05 bits per heavy atom. The van der Waals surface area contributed by atoms with E-state index in [1.165, 1.54) is 0 Å². The fourth-order valence-electron chi connectivity index (χ4n) is 3.81. The summed E-state index contributed by atoms with van der Waals surface area (Å²) in [5.74, 6) is 0.911. The van der Waals surface area contributed by atoms with Gasteiger partial charge in [0.15, 0.2) is 9.84 Å². The third-order valence-electron chi connectivity index (χ3n) is 4.94. The Hall–Kier alpha value is -0.130. The average molecular weight is 303 g/mol. The van der Waals surface area contributed by atoms with Crippen LogP contribution in [-0.4, -0.2) is 38.7 Å². The van der Waals surface area contributed by atoms with Crippen molar-refractivity contribution in [1.82, 2.24) is 0 Å². The van der Waals surface area contributed by atoms with Crippen LogP contribution in [0.2, 0.25) is 0 Å². The summed E-state index contributed by atoms with van der Waals surface area (Å²) >= 11 is 0. The SMILES string of the molecule is CCCC1CCC(CN)C(S(=O)(=O)CC2CCCO2)C1. The molecule has 1 heterocycles. The van der Waals surface area contributed by atoms with Crippen LogP contribution in [0, 0.1) is 11.8 Å². The molecule has 4 unspecified atom stereocenters. The number of sulfone groups is 1. The number of nitrogens with two attached hydrogens (primary N) is 1. The van der Waals surface area contributed by atoms with Gasteiger partial charge in [-0.2, -0.15) is 0 Å². The van der Waals surface area contributed by atoms with Crippen molar-refractivity contribution in [3.8, 4) is 0 Å². The first-order valence-corrected chi connectivity index (χ1v) is 9.81. The summed E-state index contributed by atoms with van der Waals surface area (Å²) in [5, 5.41) is -0.234. The molecule has 2 rings (SSSR count). The van der Waals surface area contributed by atoms with Gasteiger partial charge in [-0.3, -0.25) is 0 Å². The number of hydrogen-bond donors (Lipinski definition) is 1. The second-order valence-electron chi connectivity index (χ2n) is 6.47. The fraction of sp³-hybridized carbons (Fsp3) is 1.00. The first kappa shape index (κ1) is 16.2. The van der Waals surface area contributed by atoms with E-state index in [1.54, 1.807) is 0 Å². The van der Waals surface area contributed by atoms with Crippen molar-refractivity contribution in [2.45, 2.75) is 63.2 Å². The molecule has 1 saturated carbocycles. The monoisotopic (exact) mass is 303 g/mol. The van der Waals surface area contributed by atoms with Gasteiger partial charge in [0, 0.05) is 6.61 Å². The lowest BCUT2D eigenvalue weighted by Crippen LogP contribution is -2.42. The predicted molar refractivity (Wildman–Crippen MR) is 81.3 cm³/mol. The highest BCUT2D eigenvalue weighted by Crippen LogP contribution is 2.36. The van der Waals surface area contributed by atoms with Crippen LogP contribution in [-0.2, 0) is 14.6 Å². The summed E-state index contributed by atoms with van der Waals surface area (Å²) in [6, 6.07) is 0. The van der Waals surface area contributed by atoms with Crippen molar-refractivity contribution in [3.05, 3.63) is 0 Å². The van der Waals surface area contributed by atoms with Crippen LogP contribution in [0.15, 0.2) is 0 Å². The molecule has 0 amide bonds. The van der Waals surface area contributed by atoms with E-state index in [2.05, 4.69) is 6.92 Å². The minimum absolute atomic E-state index is 0.0787. The molecule has 0 aromatic heterocycles. The second-order valence-corrected chi connectivity index (χ2v) is 8.73. The van der Waals surface area contributed by atoms with Crippen molar-refractivity contribution in [1.29, 1.82) is 0 Å². The summed E-state index contributed by atoms with van der Waals surface area (Å²) in [7, 11) is -3.08. The molecule has 2 aliphatic rings. The molecular weight excluding hydrogens is 274 g/mol. The van der Waals surface area contributed by atoms with E-state index >= 15 is 0 Å². The van der Waals surface area contributed by atoms with E-state index < -0.39 is 9.84 Å². The molecule has 0 aromatic carbocycles. The molecule has 1 saturated heterocycles. The zero-order valence-electron chi connectivity index (χ0n) is 12.6. The topological polar surface area (TPSA) is 69.4 Å². The zero-order chi connectivity index (χ0) is 14.6. The van der Waals surface area contributed by atoms with E-state index in [4.69, 9.17) is 10.5 Å². The lowest BCUT2D eigenvalue weighted by atomic mass is 9.80. The maximum Gasteiger partial charge on any atom is 0.156 e. The third-order valence-corrected chi connectivity index (χ3v) is 7.28. The third kappa shape index (κ3) is 3.95. The quantitative estimate of drug-likeness (QED) is 0.816. The molecule has 118 valence electrons. The van der Waals surface area contributed by atoms with E-state index in [9.17, 15) is 8.42 Å². The van der Waals surface area contributed by atoms with E-state index in [0.29, 0.717) is 19.1 Å². The highest BCUT2D eigenvalue weighted by molar-refractivity contribution is 7.92. The summed E-state index contributed by atoms with van der Waals surface area (Å²) in [4.78, 5) is 0. The van der Waals surface area contributed by atoms with Crippen LogP contribution < -0.4 is 5.73 Å². The van der Waals surface area contributed by atoms with Crippen molar-refractivity contribution >= 4 is 9.84 Å². The molecule has 4 nitrogen and oxygen atoms in total. The van der Waals surface area contributed by atoms with Crippen LogP contribution in [0.25, 0.3) is 0 Å². The van der Waals surface area contributed by atoms with Gasteiger partial charge in [-0.1, -0.05) is 26.2 Å². The summed E-state index contributed by atoms with van der Waals surface area (Å²) < 4.78 is 31.0. The van der Waals surface area contributed by atoms with Crippen molar-refractivity contribution in [2.75, 3.05) is 18.9 Å². The Morgan fingerprint density at radius 1 is 1.25 bits per heavy atom. The average Bonchev–Trinajstić information content (AvgIpc) is 2.91. The lowest BCUT2D eigenvalue weighted by molar-refractivity contribution is 0.127. The molecule has 0 bridgehead atoms. The Bertz CT molecular complexity index is 390. The fourth-order valence-corrected chi connectivity index (χ4v) is 6.24. The molecule has 1 aliphatic carbocycles. The first-order valence-electron chi connectivity index (χ1n) is 8.10. The molecule has 1 aliphatic heterocycles. The largest absolute Gasteiger partial charge is 0.377 e. The van der Waals surface area contributed by atoms with Gasteiger partial charge in [0.25, 0.3) is 0 Å². The minimum Gasteiger partial charge on any atom is -0.377 e. The van der Waals surface area contributed by atoms with Gasteiger partial charge in [0.2, 0.25) is 0 Å². The molecular formula is C15H29NO3S. The zero-order valence-corrected chi connectivity index (χ0v) is 13.4. The molecule has 2 N–H and O–H groups in total. The summed E-state index contributed by atoms with van der Waals surface area (Å²) in [5.41, 5.74) is 5.82. The maximum absolute atomic E-state index is 12.7. The van der Waals surface area contributed by atoms with Gasteiger partial charge in [-0.05, 0) is 44.1 Å². The van der Waals surface area contributed by atoms with Gasteiger partial charge in [-0.25, -0.2) is 8.42 Å². The predicted octanol–water partition coefficient (Wildman–Crippen LogP) is 2.12. The van der Waals surface area contributed by atoms with Gasteiger partial charge in [0.1, 0.15) is 0 Å². The minimum atomic E-state index is -3.08. The Labute approximate surface area is 123 Å². The van der Waals surface area contributed by atoms with Crippen LogP contribution in [0.3, 0.4) is 0 Å². The summed E-state index contributed by atoms with van der Waals surface area (Å²) in [6.45, 7) is 3.38. The molecule has 0 radical (unpaired) electrons. The Balaban J connectivity index is 2.04. The highest BCUT2D eigenvalue weighted by Gasteiger charge is 2.39. The number of ether oxygens (including phenoxy) is 1. The lowest BCUT2D eigenvalue weighted by Gasteiger charge is -2.35. The van der Waals surface area contributed by atoms with Crippen molar-refractivity contribution in [2.24, 2.45) is 17.6 Å². The van der Waals surface area contributed by atoms with Gasteiger partial charge in [0.05, 0.1) is 17.1 Å². The van der Waals surface area contributed by atoms with Crippen LogP contribution in [0.5, 0.6) is 0 Å². The number of rotatable bonds is 6. The molecule has 20 heavy (non-hydrogen) atoms. The standard InChI is InChI=1S/C15H29NO3S/c1-2-4-12-6-7-13(10-16)15(9-12)20(17,18)11-14-5-3-8-19-14/h12-15H,2-11,16H2,1H3. The van der Waals surface area contributed by atoms with Crippen molar-refractivity contribution < 1.29 is 13.2 Å². The van der Waals surface area contributed by atoms with E-state index in [0.717, 1.165) is 44.9 Å². The second kappa shape index (κ2) is 7.23. The van der Waals surface area contributed by atoms with Gasteiger partial charge < -0.3 is 10.5 Å². The molecule has 4 atom stereocenters. The van der Waals surface area contributed by atoms with E-state index in [1.807, 2.05) is 0 Å². The normalized spacial score (nSPS) is 35.3. The summed E-state index contributed by atoms with van der Waals surface area (Å²) in [6.07, 6.45) is 6.99. The highest BCUT2D eigenvalue weighted by atomic mass is 32.2. The molecule has 0 aromatic rings.